The highest BCUT2D eigenvalue weighted by atomic mass is 16.6. The van der Waals surface area contributed by atoms with Crippen molar-refractivity contribution in [2.24, 2.45) is 11.6 Å². The summed E-state index contributed by atoms with van der Waals surface area (Å²) in [6.45, 7) is 3.08. The van der Waals surface area contributed by atoms with Crippen molar-refractivity contribution in [2.75, 3.05) is 13.1 Å². The molecule has 1 aliphatic rings. The van der Waals surface area contributed by atoms with Crippen LogP contribution in [-0.2, 0) is 16.1 Å². The lowest BCUT2D eigenvalue weighted by Crippen LogP contribution is -2.46. The van der Waals surface area contributed by atoms with Gasteiger partial charge < -0.3 is 26.1 Å². The Balaban J connectivity index is 1.69. The Bertz CT molecular complexity index is 809. The van der Waals surface area contributed by atoms with Crippen LogP contribution in [0.1, 0.15) is 48.8 Å². The number of nitrogens with zero attached hydrogens (tertiary/aromatic N) is 2. The van der Waals surface area contributed by atoms with Crippen LogP contribution in [0.2, 0.25) is 0 Å². The predicted molar refractivity (Wildman–Crippen MR) is 112 cm³/mol. The fourth-order valence-corrected chi connectivity index (χ4v) is 3.39. The Morgan fingerprint density at radius 1 is 1.30 bits per heavy atom. The number of piperidine rings is 1. The van der Waals surface area contributed by atoms with E-state index in [0.29, 0.717) is 56.5 Å². The van der Waals surface area contributed by atoms with Crippen LogP contribution in [0.15, 0.2) is 30.1 Å². The van der Waals surface area contributed by atoms with Gasteiger partial charge in [-0.05, 0) is 55.9 Å². The van der Waals surface area contributed by atoms with E-state index >= 15 is 0 Å². The second-order valence-corrected chi connectivity index (χ2v) is 7.44. The second kappa shape index (κ2) is 11.7. The number of hydrazine groups is 1. The Morgan fingerprint density at radius 3 is 2.70 bits per heavy atom. The number of likely N-dealkylation sites (tertiary alicyclic amines) is 1. The fraction of sp³-hybridized carbons (Fsp3) is 0.476. The van der Waals surface area contributed by atoms with Crippen molar-refractivity contribution in [1.82, 2.24) is 15.6 Å². The maximum Gasteiger partial charge on any atom is 0.410 e. The van der Waals surface area contributed by atoms with Gasteiger partial charge >= 0.3 is 6.09 Å². The molecule has 2 amide bonds. The number of allylic oxidation sites excluding steroid dienone is 1. The lowest BCUT2D eigenvalue weighted by Gasteiger charge is -2.31. The summed E-state index contributed by atoms with van der Waals surface area (Å²) >= 11 is 0. The van der Waals surface area contributed by atoms with Crippen molar-refractivity contribution < 1.29 is 14.3 Å². The molecule has 0 bridgehead atoms. The topological polar surface area (TPSA) is 146 Å². The molecule has 1 heterocycles. The third-order valence-electron chi connectivity index (χ3n) is 4.88. The van der Waals surface area contributed by atoms with Crippen molar-refractivity contribution in [3.8, 4) is 6.07 Å². The van der Waals surface area contributed by atoms with Crippen LogP contribution >= 0.6 is 0 Å². The zero-order valence-electron chi connectivity index (χ0n) is 17.3. The molecule has 162 valence electrons. The molecule has 0 atom stereocenters. The van der Waals surface area contributed by atoms with Crippen LogP contribution in [0.25, 0.3) is 0 Å². The van der Waals surface area contributed by atoms with Crippen LogP contribution in [0, 0.1) is 18.3 Å². The molecule has 6 N–H and O–H groups in total. The Hall–Kier alpha value is -3.25. The summed E-state index contributed by atoms with van der Waals surface area (Å²) < 4.78 is 5.39. The monoisotopic (exact) mass is 414 g/mol. The van der Waals surface area contributed by atoms with Crippen LogP contribution in [0.3, 0.4) is 0 Å². The summed E-state index contributed by atoms with van der Waals surface area (Å²) in [5.41, 5.74) is 11.0. The molecule has 0 spiro atoms. The number of carbonyl (C=O) groups excluding carboxylic acids is 2. The third-order valence-corrected chi connectivity index (χ3v) is 4.88. The average Bonchev–Trinajstić information content (AvgIpc) is 2.72. The van der Waals surface area contributed by atoms with E-state index in [1.54, 1.807) is 17.0 Å². The van der Waals surface area contributed by atoms with Crippen LogP contribution in [0.5, 0.6) is 0 Å². The molecule has 9 heteroatoms. The van der Waals surface area contributed by atoms with Gasteiger partial charge in [0.2, 0.25) is 5.91 Å². The Kier molecular flexibility index (Phi) is 8.97. The summed E-state index contributed by atoms with van der Waals surface area (Å²) in [4.78, 5) is 26.0. The first-order chi connectivity index (χ1) is 14.4. The normalized spacial score (nSPS) is 14.7. The average molecular weight is 415 g/mol. The first-order valence-corrected chi connectivity index (χ1v) is 10.0. The molecule has 0 aromatic heterocycles. The number of nitrogens with one attached hydrogen (secondary N) is 2. The van der Waals surface area contributed by atoms with Crippen LogP contribution < -0.4 is 22.3 Å². The highest BCUT2D eigenvalue weighted by Crippen LogP contribution is 2.15. The molecule has 2 rings (SSSR count). The summed E-state index contributed by atoms with van der Waals surface area (Å²) in [5, 5.41) is 12.0. The molecule has 0 aliphatic carbocycles. The molecule has 1 aliphatic heterocycles. The quantitative estimate of drug-likeness (QED) is 0.372. The molecule has 0 saturated carbocycles. The van der Waals surface area contributed by atoms with E-state index in [9.17, 15) is 9.59 Å². The van der Waals surface area contributed by atoms with Gasteiger partial charge in [-0.25, -0.2) is 4.79 Å². The first kappa shape index (κ1) is 23.0. The summed E-state index contributed by atoms with van der Waals surface area (Å²) in [5.74, 6) is 5.13. The molecule has 0 unspecified atom stereocenters. The van der Waals surface area contributed by atoms with Crippen LogP contribution in [-0.4, -0.2) is 36.0 Å². The second-order valence-electron chi connectivity index (χ2n) is 7.44. The van der Waals surface area contributed by atoms with Gasteiger partial charge in [-0.1, -0.05) is 6.07 Å². The summed E-state index contributed by atoms with van der Waals surface area (Å²) in [6, 6.07) is 7.55. The van der Waals surface area contributed by atoms with Gasteiger partial charge in [0.15, 0.2) is 0 Å². The standard InChI is InChI=1S/C21H30N6O3/c1-15-9-16(12-22)11-17(10-15)14-30-21(29)27-7-5-19(6-8-27)26-20(28)4-2-3-18(23)13-25-24/h9-11,13,19,25H,2-8,14,23-24H2,1H3,(H,26,28)/b18-13-. The number of amides is 2. The molecule has 9 nitrogen and oxygen atoms in total. The van der Waals surface area contributed by atoms with Gasteiger partial charge in [0.1, 0.15) is 6.61 Å². The number of nitriles is 1. The van der Waals surface area contributed by atoms with Crippen molar-refractivity contribution in [3.05, 3.63) is 46.8 Å². The SMILES string of the molecule is Cc1cc(C#N)cc(COC(=O)N2CCC(NC(=O)CCC/C(N)=C/NN)CC2)c1. The molecule has 1 saturated heterocycles. The highest BCUT2D eigenvalue weighted by Gasteiger charge is 2.24. The highest BCUT2D eigenvalue weighted by molar-refractivity contribution is 5.76. The van der Waals surface area contributed by atoms with E-state index in [4.69, 9.17) is 21.6 Å². The molecule has 1 aromatic carbocycles. The lowest BCUT2D eigenvalue weighted by molar-refractivity contribution is -0.122. The molecule has 0 radical (unpaired) electrons. The number of aryl methyl sites for hydroxylation is 1. The van der Waals surface area contributed by atoms with E-state index in [0.717, 1.165) is 11.1 Å². The fourth-order valence-electron chi connectivity index (χ4n) is 3.39. The number of benzene rings is 1. The van der Waals surface area contributed by atoms with Gasteiger partial charge in [-0.3, -0.25) is 10.6 Å². The summed E-state index contributed by atoms with van der Waals surface area (Å²) in [7, 11) is 0. The molecule has 30 heavy (non-hydrogen) atoms. The van der Waals surface area contributed by atoms with Gasteiger partial charge in [0.05, 0.1) is 11.6 Å². The molecular weight excluding hydrogens is 384 g/mol. The van der Waals surface area contributed by atoms with Gasteiger partial charge in [0.25, 0.3) is 0 Å². The minimum atomic E-state index is -0.379. The number of carbonyl (C=O) groups is 2. The van der Waals surface area contributed by atoms with Crippen molar-refractivity contribution in [1.29, 1.82) is 5.26 Å². The first-order valence-electron chi connectivity index (χ1n) is 10.0. The number of rotatable bonds is 8. The molecule has 1 aromatic rings. The van der Waals surface area contributed by atoms with Gasteiger partial charge in [-0.2, -0.15) is 5.26 Å². The number of hydrogen-bond acceptors (Lipinski definition) is 7. The van der Waals surface area contributed by atoms with Crippen molar-refractivity contribution >= 4 is 12.0 Å². The van der Waals surface area contributed by atoms with Gasteiger partial charge in [-0.15, -0.1) is 0 Å². The minimum Gasteiger partial charge on any atom is -0.445 e. The number of ether oxygens (including phenoxy) is 1. The van der Waals surface area contributed by atoms with Crippen molar-refractivity contribution in [3.63, 3.8) is 0 Å². The third kappa shape index (κ3) is 7.64. The Labute approximate surface area is 177 Å². The zero-order valence-corrected chi connectivity index (χ0v) is 17.3. The minimum absolute atomic E-state index is 0.0164. The molecule has 1 fully saturated rings. The van der Waals surface area contributed by atoms with Crippen LogP contribution in [0.4, 0.5) is 4.79 Å². The Morgan fingerprint density at radius 2 is 2.03 bits per heavy atom. The smallest absolute Gasteiger partial charge is 0.410 e. The van der Waals surface area contributed by atoms with Crippen molar-refractivity contribution in [2.45, 2.75) is 51.7 Å². The zero-order chi connectivity index (χ0) is 21.9. The summed E-state index contributed by atoms with van der Waals surface area (Å²) in [6.07, 6.45) is 4.13. The lowest BCUT2D eigenvalue weighted by atomic mass is 10.0. The maximum absolute atomic E-state index is 12.3. The predicted octanol–water partition coefficient (Wildman–Crippen LogP) is 1.52. The number of hydrogen-bond donors (Lipinski definition) is 4. The van der Waals surface area contributed by atoms with E-state index in [2.05, 4.69) is 16.8 Å². The van der Waals surface area contributed by atoms with E-state index in [-0.39, 0.29) is 24.6 Å². The van der Waals surface area contributed by atoms with E-state index < -0.39 is 0 Å². The van der Waals surface area contributed by atoms with Gasteiger partial charge in [0, 0.05) is 37.4 Å². The van der Waals surface area contributed by atoms with E-state index in [1.165, 1.54) is 6.20 Å². The molecular formula is C21H30N6O3. The largest absolute Gasteiger partial charge is 0.445 e. The maximum atomic E-state index is 12.3. The van der Waals surface area contributed by atoms with E-state index in [1.807, 2.05) is 13.0 Å². The number of nitrogens with two attached hydrogens (primary N) is 2.